The fraction of sp³-hybridized carbons (Fsp3) is 0.400. The predicted molar refractivity (Wildman–Crippen MR) is 92.9 cm³/mol. The van der Waals surface area contributed by atoms with Gasteiger partial charge in [-0.05, 0) is 48.1 Å². The van der Waals surface area contributed by atoms with Crippen LogP contribution in [0.25, 0.3) is 0 Å². The maximum atomic E-state index is 5.72. The molecule has 1 N–H and O–H groups in total. The zero-order chi connectivity index (χ0) is 16.4. The number of aryl methyl sites for hydroxylation is 1. The topological polar surface area (TPSA) is 39.7 Å². The summed E-state index contributed by atoms with van der Waals surface area (Å²) in [7, 11) is 1.67. The Balaban J connectivity index is 1.52. The van der Waals surface area contributed by atoms with Gasteiger partial charge in [0.1, 0.15) is 13.2 Å². The molecule has 126 valence electrons. The van der Waals surface area contributed by atoms with E-state index in [1.54, 1.807) is 7.11 Å². The van der Waals surface area contributed by atoms with Crippen molar-refractivity contribution in [1.29, 1.82) is 0 Å². The highest BCUT2D eigenvalue weighted by molar-refractivity contribution is 5.54. The van der Waals surface area contributed by atoms with Gasteiger partial charge in [-0.3, -0.25) is 0 Å². The fourth-order valence-electron chi connectivity index (χ4n) is 3.64. The van der Waals surface area contributed by atoms with E-state index >= 15 is 0 Å². The predicted octanol–water partition coefficient (Wildman–Crippen LogP) is 3.63. The van der Waals surface area contributed by atoms with Crippen molar-refractivity contribution in [3.8, 4) is 17.2 Å². The van der Waals surface area contributed by atoms with Crippen LogP contribution in [0, 0.1) is 0 Å². The summed E-state index contributed by atoms with van der Waals surface area (Å²) < 4.78 is 16.9. The standard InChI is InChI=1S/C20H23NO3/c1-22-18-11-14(12-19-20(18)24-10-9-23-19)13-21-17-8-4-6-15-5-2-3-7-16(15)17/h2-3,5,7,11-12,17,21H,4,6,8-10,13H2,1H3. The van der Waals surface area contributed by atoms with Gasteiger partial charge in [-0.1, -0.05) is 24.3 Å². The van der Waals surface area contributed by atoms with Gasteiger partial charge in [0.2, 0.25) is 5.75 Å². The van der Waals surface area contributed by atoms with E-state index in [0.29, 0.717) is 19.3 Å². The van der Waals surface area contributed by atoms with E-state index in [0.717, 1.165) is 29.4 Å². The van der Waals surface area contributed by atoms with Crippen molar-refractivity contribution in [2.24, 2.45) is 0 Å². The Morgan fingerprint density at radius 2 is 2.04 bits per heavy atom. The van der Waals surface area contributed by atoms with Gasteiger partial charge in [0.05, 0.1) is 7.11 Å². The Labute approximate surface area is 142 Å². The maximum absolute atomic E-state index is 5.72. The number of nitrogens with one attached hydrogen (secondary N) is 1. The molecule has 0 bridgehead atoms. The Kier molecular flexibility index (Phi) is 4.30. The van der Waals surface area contributed by atoms with Crippen LogP contribution in [0.5, 0.6) is 17.2 Å². The van der Waals surface area contributed by atoms with Crippen LogP contribution in [0.15, 0.2) is 36.4 Å². The molecule has 1 aliphatic carbocycles. The quantitative estimate of drug-likeness (QED) is 0.932. The van der Waals surface area contributed by atoms with Gasteiger partial charge in [0.25, 0.3) is 0 Å². The van der Waals surface area contributed by atoms with Crippen LogP contribution < -0.4 is 19.5 Å². The monoisotopic (exact) mass is 325 g/mol. The maximum Gasteiger partial charge on any atom is 0.203 e. The molecule has 4 nitrogen and oxygen atoms in total. The number of rotatable bonds is 4. The normalized spacial score (nSPS) is 18.8. The molecule has 0 saturated carbocycles. The average molecular weight is 325 g/mol. The van der Waals surface area contributed by atoms with E-state index in [4.69, 9.17) is 14.2 Å². The molecule has 1 aliphatic heterocycles. The van der Waals surface area contributed by atoms with Crippen LogP contribution in [0.2, 0.25) is 0 Å². The van der Waals surface area contributed by atoms with Crippen molar-refractivity contribution in [3.05, 3.63) is 53.1 Å². The smallest absolute Gasteiger partial charge is 0.203 e. The molecule has 0 radical (unpaired) electrons. The van der Waals surface area contributed by atoms with Crippen LogP contribution in [0.3, 0.4) is 0 Å². The van der Waals surface area contributed by atoms with Gasteiger partial charge in [0.15, 0.2) is 11.5 Å². The molecule has 0 saturated heterocycles. The molecule has 4 rings (SSSR count). The highest BCUT2D eigenvalue weighted by Gasteiger charge is 2.21. The van der Waals surface area contributed by atoms with Crippen LogP contribution in [0.4, 0.5) is 0 Å². The van der Waals surface area contributed by atoms with Crippen molar-refractivity contribution >= 4 is 0 Å². The summed E-state index contributed by atoms with van der Waals surface area (Å²) in [5.74, 6) is 2.24. The summed E-state index contributed by atoms with van der Waals surface area (Å²) in [6.07, 6.45) is 3.60. The molecule has 24 heavy (non-hydrogen) atoms. The number of hydrogen-bond acceptors (Lipinski definition) is 4. The van der Waals surface area contributed by atoms with Crippen LogP contribution in [-0.4, -0.2) is 20.3 Å². The van der Waals surface area contributed by atoms with E-state index < -0.39 is 0 Å². The molecular weight excluding hydrogens is 302 g/mol. The molecule has 2 aromatic rings. The highest BCUT2D eigenvalue weighted by atomic mass is 16.6. The van der Waals surface area contributed by atoms with Gasteiger partial charge >= 0.3 is 0 Å². The zero-order valence-corrected chi connectivity index (χ0v) is 14.0. The SMILES string of the molecule is COc1cc(CNC2CCCc3ccccc32)cc2c1OCCO2. The average Bonchev–Trinajstić information content (AvgIpc) is 2.65. The fourth-order valence-corrected chi connectivity index (χ4v) is 3.64. The minimum absolute atomic E-state index is 0.411. The number of benzene rings is 2. The molecule has 1 unspecified atom stereocenters. The van der Waals surface area contributed by atoms with Crippen molar-refractivity contribution in [3.63, 3.8) is 0 Å². The van der Waals surface area contributed by atoms with Crippen LogP contribution >= 0.6 is 0 Å². The second-order valence-corrected chi connectivity index (χ2v) is 6.35. The van der Waals surface area contributed by atoms with Gasteiger partial charge in [-0.25, -0.2) is 0 Å². The summed E-state index contributed by atoms with van der Waals surface area (Å²) >= 11 is 0. The minimum Gasteiger partial charge on any atom is -0.493 e. The molecular formula is C20H23NO3. The highest BCUT2D eigenvalue weighted by Crippen LogP contribution is 2.40. The molecule has 4 heteroatoms. The molecule has 0 spiro atoms. The number of fused-ring (bicyclic) bond motifs is 2. The van der Waals surface area contributed by atoms with Gasteiger partial charge in [-0.15, -0.1) is 0 Å². The Morgan fingerprint density at radius 1 is 1.17 bits per heavy atom. The summed E-state index contributed by atoms with van der Waals surface area (Å²) in [5.41, 5.74) is 4.06. The third-order valence-corrected chi connectivity index (χ3v) is 4.81. The molecule has 1 heterocycles. The third kappa shape index (κ3) is 2.94. The minimum atomic E-state index is 0.411. The van der Waals surface area contributed by atoms with Crippen LogP contribution in [0.1, 0.15) is 35.6 Å². The first-order valence-corrected chi connectivity index (χ1v) is 8.63. The lowest BCUT2D eigenvalue weighted by Gasteiger charge is -2.27. The third-order valence-electron chi connectivity index (χ3n) is 4.81. The summed E-state index contributed by atoms with van der Waals surface area (Å²) in [6.45, 7) is 1.94. The van der Waals surface area contributed by atoms with Crippen molar-refractivity contribution < 1.29 is 14.2 Å². The molecule has 0 amide bonds. The Morgan fingerprint density at radius 3 is 2.96 bits per heavy atom. The second-order valence-electron chi connectivity index (χ2n) is 6.35. The summed E-state index contributed by atoms with van der Waals surface area (Å²) in [4.78, 5) is 0. The van der Waals surface area contributed by atoms with Crippen molar-refractivity contribution in [2.45, 2.75) is 31.8 Å². The van der Waals surface area contributed by atoms with E-state index in [9.17, 15) is 0 Å². The Hall–Kier alpha value is -2.20. The second kappa shape index (κ2) is 6.73. The van der Waals surface area contributed by atoms with E-state index in [2.05, 4.69) is 35.6 Å². The molecule has 2 aromatic carbocycles. The van der Waals surface area contributed by atoms with Gasteiger partial charge in [-0.2, -0.15) is 0 Å². The van der Waals surface area contributed by atoms with Crippen molar-refractivity contribution in [2.75, 3.05) is 20.3 Å². The number of hydrogen-bond donors (Lipinski definition) is 1. The molecule has 2 aliphatic rings. The van der Waals surface area contributed by atoms with E-state index in [1.807, 2.05) is 6.07 Å². The Bertz CT molecular complexity index is 712. The van der Waals surface area contributed by atoms with Gasteiger partial charge < -0.3 is 19.5 Å². The lowest BCUT2D eigenvalue weighted by atomic mass is 9.87. The molecule has 0 aromatic heterocycles. The first kappa shape index (κ1) is 15.3. The van der Waals surface area contributed by atoms with Crippen molar-refractivity contribution in [1.82, 2.24) is 5.32 Å². The number of methoxy groups -OCH3 is 1. The number of ether oxygens (including phenoxy) is 3. The first-order chi connectivity index (χ1) is 11.8. The largest absolute Gasteiger partial charge is 0.493 e. The molecule has 1 atom stereocenters. The molecule has 0 fully saturated rings. The van der Waals surface area contributed by atoms with Gasteiger partial charge in [0, 0.05) is 12.6 Å². The summed E-state index contributed by atoms with van der Waals surface area (Å²) in [5, 5.41) is 3.70. The lowest BCUT2D eigenvalue weighted by Crippen LogP contribution is -2.25. The lowest BCUT2D eigenvalue weighted by molar-refractivity contribution is 0.165. The first-order valence-electron chi connectivity index (χ1n) is 8.63. The van der Waals surface area contributed by atoms with Crippen LogP contribution in [-0.2, 0) is 13.0 Å². The summed E-state index contributed by atoms with van der Waals surface area (Å²) in [6, 6.07) is 13.3. The van der Waals surface area contributed by atoms with E-state index in [-0.39, 0.29) is 0 Å². The van der Waals surface area contributed by atoms with E-state index in [1.165, 1.54) is 30.4 Å². The zero-order valence-electron chi connectivity index (χ0n) is 14.0.